The van der Waals surface area contributed by atoms with Gasteiger partial charge in [-0.2, -0.15) is 0 Å². The van der Waals surface area contributed by atoms with Crippen molar-refractivity contribution in [2.75, 3.05) is 37.7 Å². The fraction of sp³-hybridized carbons (Fsp3) is 0.706. The quantitative estimate of drug-likeness (QED) is 0.854. The van der Waals surface area contributed by atoms with Crippen molar-refractivity contribution in [3.8, 4) is 0 Å². The maximum Gasteiger partial charge on any atom is 0.272 e. The molecule has 126 valence electrons. The van der Waals surface area contributed by atoms with Gasteiger partial charge in [0.25, 0.3) is 5.91 Å². The van der Waals surface area contributed by atoms with E-state index in [0.29, 0.717) is 12.2 Å². The normalized spacial score (nSPS) is 22.7. The molecule has 0 spiro atoms. The third kappa shape index (κ3) is 3.99. The number of anilines is 1. The van der Waals surface area contributed by atoms with E-state index in [1.165, 1.54) is 25.6 Å². The van der Waals surface area contributed by atoms with Gasteiger partial charge in [-0.15, -0.1) is 0 Å². The summed E-state index contributed by atoms with van der Waals surface area (Å²) in [4.78, 5) is 25.5. The van der Waals surface area contributed by atoms with Crippen molar-refractivity contribution in [1.29, 1.82) is 0 Å². The van der Waals surface area contributed by atoms with Crippen molar-refractivity contribution in [2.24, 2.45) is 0 Å². The monoisotopic (exact) mass is 318 g/mol. The second kappa shape index (κ2) is 7.73. The van der Waals surface area contributed by atoms with Gasteiger partial charge in [0.1, 0.15) is 17.8 Å². The number of nitrogens with zero attached hydrogens (tertiary/aromatic N) is 4. The van der Waals surface area contributed by atoms with E-state index in [9.17, 15) is 4.79 Å². The summed E-state index contributed by atoms with van der Waals surface area (Å²) in [5.41, 5.74) is 0.498. The zero-order valence-corrected chi connectivity index (χ0v) is 13.9. The highest BCUT2D eigenvalue weighted by Gasteiger charge is 2.24. The van der Waals surface area contributed by atoms with Crippen LogP contribution in [0.1, 0.15) is 49.5 Å². The first kappa shape index (κ1) is 16.2. The van der Waals surface area contributed by atoms with Gasteiger partial charge in [0.2, 0.25) is 0 Å². The molecule has 23 heavy (non-hydrogen) atoms. The van der Waals surface area contributed by atoms with Gasteiger partial charge in [-0.05, 0) is 32.1 Å². The fourth-order valence-electron chi connectivity index (χ4n) is 3.25. The molecule has 3 heterocycles. The van der Waals surface area contributed by atoms with Crippen LogP contribution in [0, 0.1) is 0 Å². The summed E-state index contributed by atoms with van der Waals surface area (Å²) >= 11 is 0. The summed E-state index contributed by atoms with van der Waals surface area (Å²) < 4.78 is 5.75. The molecule has 1 aromatic heterocycles. The lowest BCUT2D eigenvalue weighted by Crippen LogP contribution is -2.37. The first-order valence-corrected chi connectivity index (χ1v) is 8.76. The number of piperidine rings is 1. The van der Waals surface area contributed by atoms with Crippen LogP contribution in [0.2, 0.25) is 0 Å². The van der Waals surface area contributed by atoms with Gasteiger partial charge in [0.05, 0.1) is 6.10 Å². The minimum Gasteiger partial charge on any atom is -0.376 e. The van der Waals surface area contributed by atoms with Crippen molar-refractivity contribution >= 4 is 11.7 Å². The lowest BCUT2D eigenvalue weighted by atomic mass is 10.1. The van der Waals surface area contributed by atoms with Crippen LogP contribution < -0.4 is 4.90 Å². The van der Waals surface area contributed by atoms with Crippen molar-refractivity contribution < 1.29 is 9.53 Å². The number of hydrogen-bond acceptors (Lipinski definition) is 5. The molecule has 2 aliphatic heterocycles. The molecule has 0 bridgehead atoms. The minimum atomic E-state index is -0.00499. The summed E-state index contributed by atoms with van der Waals surface area (Å²) in [6.45, 7) is 6.24. The summed E-state index contributed by atoms with van der Waals surface area (Å²) in [5, 5.41) is 0. The van der Waals surface area contributed by atoms with Gasteiger partial charge in [-0.3, -0.25) is 4.79 Å². The highest BCUT2D eigenvalue weighted by atomic mass is 16.5. The first-order chi connectivity index (χ1) is 11.3. The number of amides is 1. The van der Waals surface area contributed by atoms with Gasteiger partial charge in [-0.1, -0.05) is 6.92 Å². The number of rotatable bonds is 3. The predicted octanol–water partition coefficient (Wildman–Crippen LogP) is 2.11. The Hall–Kier alpha value is -1.69. The van der Waals surface area contributed by atoms with Crippen molar-refractivity contribution in [1.82, 2.24) is 14.9 Å². The number of ether oxygens (including phenoxy) is 1. The topological polar surface area (TPSA) is 58.6 Å². The summed E-state index contributed by atoms with van der Waals surface area (Å²) in [7, 11) is 0. The third-order valence-corrected chi connectivity index (χ3v) is 4.64. The molecule has 0 aliphatic carbocycles. The predicted molar refractivity (Wildman–Crippen MR) is 88.6 cm³/mol. The Balaban J connectivity index is 1.73. The second-order valence-electron chi connectivity index (χ2n) is 6.31. The van der Waals surface area contributed by atoms with E-state index < -0.39 is 0 Å². The third-order valence-electron chi connectivity index (χ3n) is 4.64. The number of carbonyl (C=O) groups is 1. The fourth-order valence-corrected chi connectivity index (χ4v) is 3.25. The Morgan fingerprint density at radius 2 is 2.04 bits per heavy atom. The summed E-state index contributed by atoms with van der Waals surface area (Å²) in [6.07, 6.45) is 7.11. The highest BCUT2D eigenvalue weighted by Crippen LogP contribution is 2.19. The van der Waals surface area contributed by atoms with Crippen molar-refractivity contribution in [3.63, 3.8) is 0 Å². The molecule has 0 saturated carbocycles. The Kier molecular flexibility index (Phi) is 5.43. The van der Waals surface area contributed by atoms with Crippen LogP contribution >= 0.6 is 0 Å². The Morgan fingerprint density at radius 3 is 2.83 bits per heavy atom. The van der Waals surface area contributed by atoms with E-state index in [1.54, 1.807) is 0 Å². The Morgan fingerprint density at radius 1 is 1.22 bits per heavy atom. The van der Waals surface area contributed by atoms with Crippen molar-refractivity contribution in [2.45, 2.75) is 45.1 Å². The first-order valence-electron chi connectivity index (χ1n) is 8.76. The average molecular weight is 318 g/mol. The van der Waals surface area contributed by atoms with E-state index in [-0.39, 0.29) is 12.0 Å². The van der Waals surface area contributed by atoms with Crippen molar-refractivity contribution in [3.05, 3.63) is 18.1 Å². The molecule has 2 saturated heterocycles. The number of carbonyl (C=O) groups excluding carboxylic acids is 1. The molecule has 1 amide bonds. The lowest BCUT2D eigenvalue weighted by Gasteiger charge is -2.28. The molecule has 6 heteroatoms. The SMILES string of the molecule is CC[C@H]1CN(C(=O)c2cc(N3CCCCC3)ncn2)CCCO1. The Labute approximate surface area is 137 Å². The molecule has 0 radical (unpaired) electrons. The van der Waals surface area contributed by atoms with Gasteiger partial charge in [0, 0.05) is 38.9 Å². The highest BCUT2D eigenvalue weighted by molar-refractivity contribution is 5.93. The van der Waals surface area contributed by atoms with E-state index in [4.69, 9.17) is 4.74 Å². The smallest absolute Gasteiger partial charge is 0.272 e. The number of hydrogen-bond donors (Lipinski definition) is 0. The molecule has 6 nitrogen and oxygen atoms in total. The van der Waals surface area contributed by atoms with E-state index >= 15 is 0 Å². The zero-order chi connectivity index (χ0) is 16.1. The Bertz CT molecular complexity index is 531. The molecule has 0 N–H and O–H groups in total. The molecular formula is C17H26N4O2. The van der Waals surface area contributed by atoms with Crippen LogP contribution in [-0.2, 0) is 4.74 Å². The summed E-state index contributed by atoms with van der Waals surface area (Å²) in [6, 6.07) is 1.85. The maximum atomic E-state index is 12.8. The van der Waals surface area contributed by atoms with Crippen LogP contribution in [0.15, 0.2) is 12.4 Å². The second-order valence-corrected chi connectivity index (χ2v) is 6.31. The van der Waals surface area contributed by atoms with Crippen LogP contribution in [0.25, 0.3) is 0 Å². The van der Waals surface area contributed by atoms with E-state index in [0.717, 1.165) is 44.9 Å². The van der Waals surface area contributed by atoms with Crippen LogP contribution in [0.4, 0.5) is 5.82 Å². The molecule has 0 aromatic carbocycles. The molecule has 1 atom stereocenters. The van der Waals surface area contributed by atoms with Crippen LogP contribution in [0.3, 0.4) is 0 Å². The largest absolute Gasteiger partial charge is 0.376 e. The van der Waals surface area contributed by atoms with Gasteiger partial charge in [-0.25, -0.2) is 9.97 Å². The molecular weight excluding hydrogens is 292 g/mol. The van der Waals surface area contributed by atoms with Gasteiger partial charge < -0.3 is 14.5 Å². The van der Waals surface area contributed by atoms with Gasteiger partial charge >= 0.3 is 0 Å². The minimum absolute atomic E-state index is 0.00499. The summed E-state index contributed by atoms with van der Waals surface area (Å²) in [5.74, 6) is 0.871. The average Bonchev–Trinajstić information content (AvgIpc) is 2.87. The molecule has 0 unspecified atom stereocenters. The molecule has 2 aliphatic rings. The van der Waals surface area contributed by atoms with E-state index in [2.05, 4.69) is 21.8 Å². The van der Waals surface area contributed by atoms with Gasteiger partial charge in [0.15, 0.2) is 0 Å². The standard InChI is InChI=1S/C17H26N4O2/c1-2-14-12-21(9-6-10-23-14)17(22)15-11-16(19-13-18-15)20-7-4-3-5-8-20/h11,13-14H,2-10,12H2,1H3/t14-/m0/s1. The maximum absolute atomic E-state index is 12.8. The zero-order valence-electron chi connectivity index (χ0n) is 13.9. The lowest BCUT2D eigenvalue weighted by molar-refractivity contribution is 0.0457. The van der Waals surface area contributed by atoms with E-state index in [1.807, 2.05) is 11.0 Å². The molecule has 1 aromatic rings. The molecule has 2 fully saturated rings. The van der Waals surface area contributed by atoms with Crippen LogP contribution in [-0.4, -0.2) is 59.7 Å². The molecule has 3 rings (SSSR count). The van der Waals surface area contributed by atoms with Crippen LogP contribution in [0.5, 0.6) is 0 Å². The number of aromatic nitrogens is 2.